The standard InChI is InChI=1S/C22H24N2O6/c1-4-30-20(25)11-8-12-24(15-17-9-6-5-7-10-17)16-18(14-23)13-19(21(26)28-2)22(27)29-3/h5-11,13,16H,4,12,15H2,1-3H3/b11-8+,18-16+. The van der Waals surface area contributed by atoms with Crippen molar-refractivity contribution < 1.29 is 28.6 Å². The maximum absolute atomic E-state index is 11.8. The normalized spacial score (nSPS) is 10.7. The van der Waals surface area contributed by atoms with E-state index in [2.05, 4.69) is 9.47 Å². The Morgan fingerprint density at radius 3 is 2.27 bits per heavy atom. The highest BCUT2D eigenvalue weighted by Crippen LogP contribution is 2.11. The first-order valence-corrected chi connectivity index (χ1v) is 9.06. The molecule has 30 heavy (non-hydrogen) atoms. The maximum atomic E-state index is 11.8. The number of nitrogens with zero attached hydrogens (tertiary/aromatic N) is 2. The SMILES string of the molecule is CCOC(=O)/C=C/CN(/C=C(/C#N)C=C(C(=O)OC)C(=O)OC)Cc1ccccc1. The van der Waals surface area contributed by atoms with Crippen LogP contribution in [0.1, 0.15) is 12.5 Å². The minimum Gasteiger partial charge on any atom is -0.465 e. The smallest absolute Gasteiger partial charge is 0.345 e. The summed E-state index contributed by atoms with van der Waals surface area (Å²) in [5, 5.41) is 9.50. The fourth-order valence-corrected chi connectivity index (χ4v) is 2.33. The van der Waals surface area contributed by atoms with Gasteiger partial charge >= 0.3 is 17.9 Å². The van der Waals surface area contributed by atoms with Crippen LogP contribution in [-0.4, -0.2) is 50.2 Å². The van der Waals surface area contributed by atoms with Crippen molar-refractivity contribution in [1.82, 2.24) is 4.90 Å². The summed E-state index contributed by atoms with van der Waals surface area (Å²) in [6.07, 6.45) is 5.47. The van der Waals surface area contributed by atoms with Crippen LogP contribution >= 0.6 is 0 Å². The number of carbonyl (C=O) groups excluding carboxylic acids is 3. The van der Waals surface area contributed by atoms with Crippen LogP contribution in [-0.2, 0) is 35.1 Å². The Kier molecular flexibility index (Phi) is 10.8. The van der Waals surface area contributed by atoms with Gasteiger partial charge in [-0.2, -0.15) is 5.26 Å². The van der Waals surface area contributed by atoms with E-state index in [0.29, 0.717) is 6.54 Å². The largest absolute Gasteiger partial charge is 0.465 e. The fraction of sp³-hybridized carbons (Fsp3) is 0.273. The second-order valence-electron chi connectivity index (χ2n) is 5.81. The molecule has 0 aliphatic carbocycles. The third-order valence-electron chi connectivity index (χ3n) is 3.67. The first kappa shape index (κ1) is 24.2. The number of carbonyl (C=O) groups is 3. The van der Waals surface area contributed by atoms with Crippen molar-refractivity contribution in [2.75, 3.05) is 27.4 Å². The van der Waals surface area contributed by atoms with Gasteiger partial charge in [0.2, 0.25) is 0 Å². The predicted octanol–water partition coefficient (Wildman–Crippen LogP) is 2.29. The minimum atomic E-state index is -0.917. The first-order valence-electron chi connectivity index (χ1n) is 9.06. The number of esters is 3. The summed E-state index contributed by atoms with van der Waals surface area (Å²) < 4.78 is 14.0. The van der Waals surface area contributed by atoms with E-state index in [9.17, 15) is 19.6 Å². The molecule has 0 aliphatic rings. The molecule has 0 unspecified atom stereocenters. The number of nitriles is 1. The summed E-state index contributed by atoms with van der Waals surface area (Å²) in [6, 6.07) is 11.4. The molecule has 1 aromatic rings. The van der Waals surface area contributed by atoms with Crippen molar-refractivity contribution in [2.24, 2.45) is 0 Å². The lowest BCUT2D eigenvalue weighted by Gasteiger charge is -2.19. The highest BCUT2D eigenvalue weighted by Gasteiger charge is 2.20. The topological polar surface area (TPSA) is 106 Å². The number of allylic oxidation sites excluding steroid dienone is 2. The molecule has 8 nitrogen and oxygen atoms in total. The molecule has 0 heterocycles. The zero-order valence-corrected chi connectivity index (χ0v) is 17.2. The number of hydrogen-bond donors (Lipinski definition) is 0. The molecule has 0 aromatic heterocycles. The summed E-state index contributed by atoms with van der Waals surface area (Å²) in [6.45, 7) is 2.67. The van der Waals surface area contributed by atoms with E-state index in [0.717, 1.165) is 25.9 Å². The van der Waals surface area contributed by atoms with E-state index in [1.54, 1.807) is 17.9 Å². The van der Waals surface area contributed by atoms with E-state index in [1.165, 1.54) is 12.3 Å². The number of methoxy groups -OCH3 is 2. The third kappa shape index (κ3) is 8.44. The molecule has 1 aromatic carbocycles. The van der Waals surface area contributed by atoms with Gasteiger partial charge in [0.1, 0.15) is 11.6 Å². The predicted molar refractivity (Wildman–Crippen MR) is 108 cm³/mol. The number of benzene rings is 1. The molecular formula is C22H24N2O6. The molecule has 158 valence electrons. The molecule has 1 rings (SSSR count). The van der Waals surface area contributed by atoms with Crippen molar-refractivity contribution >= 4 is 17.9 Å². The van der Waals surface area contributed by atoms with Crippen molar-refractivity contribution in [3.05, 3.63) is 71.5 Å². The summed E-state index contributed by atoms with van der Waals surface area (Å²) in [7, 11) is 2.24. The van der Waals surface area contributed by atoms with Gasteiger partial charge in [-0.05, 0) is 18.6 Å². The number of hydrogen-bond acceptors (Lipinski definition) is 8. The average Bonchev–Trinajstić information content (AvgIpc) is 2.76. The van der Waals surface area contributed by atoms with Crippen LogP contribution in [0.15, 0.2) is 65.9 Å². The number of ether oxygens (including phenoxy) is 3. The lowest BCUT2D eigenvalue weighted by atomic mass is 10.1. The lowest BCUT2D eigenvalue weighted by molar-refractivity contribution is -0.144. The second kappa shape index (κ2) is 13.3. The van der Waals surface area contributed by atoms with Gasteiger partial charge in [-0.25, -0.2) is 14.4 Å². The Hall–Kier alpha value is -3.86. The first-order chi connectivity index (χ1) is 14.4. The molecule has 0 aliphatic heterocycles. The summed E-state index contributed by atoms with van der Waals surface area (Å²) in [5.74, 6) is -2.31. The van der Waals surface area contributed by atoms with Gasteiger partial charge in [0.15, 0.2) is 0 Å². The van der Waals surface area contributed by atoms with Crippen LogP contribution in [0.5, 0.6) is 0 Å². The molecular weight excluding hydrogens is 388 g/mol. The lowest BCUT2D eigenvalue weighted by Crippen LogP contribution is -2.19. The Morgan fingerprint density at radius 2 is 1.73 bits per heavy atom. The maximum Gasteiger partial charge on any atom is 0.345 e. The zero-order valence-electron chi connectivity index (χ0n) is 17.2. The van der Waals surface area contributed by atoms with E-state index >= 15 is 0 Å². The highest BCUT2D eigenvalue weighted by atomic mass is 16.5. The molecule has 0 N–H and O–H groups in total. The van der Waals surface area contributed by atoms with E-state index in [4.69, 9.17) is 4.74 Å². The van der Waals surface area contributed by atoms with E-state index in [-0.39, 0.29) is 18.7 Å². The Morgan fingerprint density at radius 1 is 1.10 bits per heavy atom. The van der Waals surface area contributed by atoms with Crippen molar-refractivity contribution in [1.29, 1.82) is 5.26 Å². The van der Waals surface area contributed by atoms with E-state index < -0.39 is 23.5 Å². The molecule has 0 radical (unpaired) electrons. The van der Waals surface area contributed by atoms with Crippen LogP contribution in [0.4, 0.5) is 0 Å². The van der Waals surface area contributed by atoms with Crippen LogP contribution < -0.4 is 0 Å². The van der Waals surface area contributed by atoms with Crippen molar-refractivity contribution in [3.8, 4) is 6.07 Å². The zero-order chi connectivity index (χ0) is 22.4. The molecule has 0 bridgehead atoms. The third-order valence-corrected chi connectivity index (χ3v) is 3.67. The molecule has 8 heteroatoms. The Labute approximate surface area is 175 Å². The molecule has 0 spiro atoms. The van der Waals surface area contributed by atoms with Gasteiger partial charge in [0.25, 0.3) is 0 Å². The molecule has 0 amide bonds. The second-order valence-corrected chi connectivity index (χ2v) is 5.81. The van der Waals surface area contributed by atoms with Gasteiger partial charge in [-0.15, -0.1) is 0 Å². The summed E-state index contributed by atoms with van der Waals surface area (Å²) in [5.41, 5.74) is 0.580. The van der Waals surface area contributed by atoms with Gasteiger partial charge in [0, 0.05) is 25.4 Å². The average molecular weight is 412 g/mol. The fourth-order valence-electron chi connectivity index (χ4n) is 2.33. The van der Waals surface area contributed by atoms with Crippen LogP contribution in [0, 0.1) is 11.3 Å². The number of rotatable bonds is 10. The van der Waals surface area contributed by atoms with Gasteiger partial charge < -0.3 is 19.1 Å². The van der Waals surface area contributed by atoms with Gasteiger partial charge in [0.05, 0.1) is 26.4 Å². The van der Waals surface area contributed by atoms with Crippen LogP contribution in [0.25, 0.3) is 0 Å². The summed E-state index contributed by atoms with van der Waals surface area (Å²) in [4.78, 5) is 36.9. The molecule has 0 atom stereocenters. The Balaban J connectivity index is 3.20. The monoisotopic (exact) mass is 412 g/mol. The molecule has 0 fully saturated rings. The van der Waals surface area contributed by atoms with Gasteiger partial charge in [-0.3, -0.25) is 0 Å². The molecule has 0 saturated carbocycles. The van der Waals surface area contributed by atoms with E-state index in [1.807, 2.05) is 36.4 Å². The van der Waals surface area contributed by atoms with Crippen molar-refractivity contribution in [2.45, 2.75) is 13.5 Å². The summed E-state index contributed by atoms with van der Waals surface area (Å²) >= 11 is 0. The van der Waals surface area contributed by atoms with Gasteiger partial charge in [-0.1, -0.05) is 36.4 Å². The minimum absolute atomic E-state index is 0.0289. The highest BCUT2D eigenvalue weighted by molar-refractivity contribution is 6.14. The Bertz CT molecular complexity index is 847. The van der Waals surface area contributed by atoms with Crippen molar-refractivity contribution in [3.63, 3.8) is 0 Å². The molecule has 0 saturated heterocycles. The van der Waals surface area contributed by atoms with Crippen LogP contribution in [0.3, 0.4) is 0 Å². The quantitative estimate of drug-likeness (QED) is 0.110. The van der Waals surface area contributed by atoms with Crippen LogP contribution in [0.2, 0.25) is 0 Å².